The summed E-state index contributed by atoms with van der Waals surface area (Å²) in [6.45, 7) is 0. The van der Waals surface area contributed by atoms with Crippen LogP contribution in [0.5, 0.6) is 0 Å². The molecule has 0 N–H and O–H groups in total. The van der Waals surface area contributed by atoms with Crippen molar-refractivity contribution < 1.29 is 17.6 Å². The van der Waals surface area contributed by atoms with Crippen molar-refractivity contribution in [2.45, 2.75) is 0 Å². The highest BCUT2D eigenvalue weighted by Crippen LogP contribution is 2.29. The van der Waals surface area contributed by atoms with Gasteiger partial charge in [0, 0.05) is 6.07 Å². The van der Waals surface area contributed by atoms with E-state index >= 15 is 0 Å². The largest absolute Gasteiger partial charge is 0.204 e. The summed E-state index contributed by atoms with van der Waals surface area (Å²) >= 11 is 0. The Bertz CT molecular complexity index is 494. The minimum Gasteiger partial charge on any atom is -0.204 e. The van der Waals surface area contributed by atoms with E-state index in [0.717, 1.165) is 0 Å². The predicted molar refractivity (Wildman–Crippen MR) is 51.7 cm³/mol. The summed E-state index contributed by atoms with van der Waals surface area (Å²) in [7, 11) is 0. The van der Waals surface area contributed by atoms with Gasteiger partial charge >= 0.3 is 0 Å². The molecule has 4 heteroatoms. The van der Waals surface area contributed by atoms with Gasteiger partial charge in [-0.25, -0.2) is 17.6 Å². The second-order valence-corrected chi connectivity index (χ2v) is 3.21. The van der Waals surface area contributed by atoms with Crippen LogP contribution in [-0.2, 0) is 0 Å². The lowest BCUT2D eigenvalue weighted by Gasteiger charge is -2.06. The van der Waals surface area contributed by atoms with Gasteiger partial charge in [-0.1, -0.05) is 30.3 Å². The zero-order valence-electron chi connectivity index (χ0n) is 7.98. The molecule has 0 aliphatic heterocycles. The van der Waals surface area contributed by atoms with Gasteiger partial charge in [0.15, 0.2) is 23.3 Å². The number of halogens is 4. The molecule has 0 fully saturated rings. The molecular weight excluding hydrogens is 220 g/mol. The SMILES string of the molecule is Fc1cc(F)c(F)c(-c2ccccc2)c1F. The minimum atomic E-state index is -1.40. The van der Waals surface area contributed by atoms with Gasteiger partial charge in [-0.15, -0.1) is 0 Å². The van der Waals surface area contributed by atoms with E-state index in [-0.39, 0.29) is 11.6 Å². The van der Waals surface area contributed by atoms with Gasteiger partial charge in [0.25, 0.3) is 0 Å². The van der Waals surface area contributed by atoms with E-state index in [4.69, 9.17) is 0 Å². The molecule has 0 heterocycles. The first-order valence-corrected chi connectivity index (χ1v) is 4.49. The lowest BCUT2D eigenvalue weighted by atomic mass is 10.0. The van der Waals surface area contributed by atoms with Crippen LogP contribution in [0.15, 0.2) is 36.4 Å². The van der Waals surface area contributed by atoms with Crippen molar-refractivity contribution in [1.29, 1.82) is 0 Å². The Labute approximate surface area is 89.2 Å². The summed E-state index contributed by atoms with van der Waals surface area (Å²) in [5.41, 5.74) is -0.589. The van der Waals surface area contributed by atoms with Crippen molar-refractivity contribution in [1.82, 2.24) is 0 Å². The summed E-state index contributed by atoms with van der Waals surface area (Å²) in [6.07, 6.45) is 0. The van der Waals surface area contributed by atoms with Gasteiger partial charge in [0.1, 0.15) is 0 Å². The van der Waals surface area contributed by atoms with Crippen LogP contribution >= 0.6 is 0 Å². The second-order valence-electron chi connectivity index (χ2n) is 3.21. The average molecular weight is 226 g/mol. The second kappa shape index (κ2) is 3.96. The molecule has 0 aliphatic carbocycles. The summed E-state index contributed by atoms with van der Waals surface area (Å²) in [5.74, 6) is -5.58. The molecule has 0 spiro atoms. The van der Waals surface area contributed by atoms with E-state index in [1.807, 2.05) is 0 Å². The molecule has 0 saturated carbocycles. The van der Waals surface area contributed by atoms with Crippen LogP contribution in [0.1, 0.15) is 0 Å². The van der Waals surface area contributed by atoms with Crippen LogP contribution < -0.4 is 0 Å². The summed E-state index contributed by atoms with van der Waals surface area (Å²) < 4.78 is 52.5. The third-order valence-corrected chi connectivity index (χ3v) is 2.17. The molecule has 0 nitrogen and oxygen atoms in total. The molecule has 0 aromatic heterocycles. The molecule has 2 aromatic rings. The van der Waals surface area contributed by atoms with Crippen LogP contribution in [0.2, 0.25) is 0 Å². The highest BCUT2D eigenvalue weighted by molar-refractivity contribution is 5.65. The van der Waals surface area contributed by atoms with Gasteiger partial charge in [-0.2, -0.15) is 0 Å². The first-order chi connectivity index (χ1) is 7.61. The molecule has 0 saturated heterocycles. The van der Waals surface area contributed by atoms with E-state index in [1.54, 1.807) is 6.07 Å². The Morgan fingerprint density at radius 3 is 1.69 bits per heavy atom. The topological polar surface area (TPSA) is 0 Å². The molecule has 82 valence electrons. The van der Waals surface area contributed by atoms with Crippen LogP contribution in [0.25, 0.3) is 11.1 Å². The third-order valence-electron chi connectivity index (χ3n) is 2.17. The molecular formula is C12H6F4. The molecule has 2 rings (SSSR count). The van der Waals surface area contributed by atoms with E-state index in [9.17, 15) is 17.6 Å². The lowest BCUT2D eigenvalue weighted by molar-refractivity contribution is 0.458. The van der Waals surface area contributed by atoms with Gasteiger partial charge in [-0.05, 0) is 5.56 Å². The lowest BCUT2D eigenvalue weighted by Crippen LogP contribution is -1.98. The van der Waals surface area contributed by atoms with Crippen LogP contribution in [0.3, 0.4) is 0 Å². The Balaban J connectivity index is 2.74. The standard InChI is InChI=1S/C12H6F4/c13-8-6-9(14)12(16)10(11(8)15)7-4-2-1-3-5-7/h1-6H. The van der Waals surface area contributed by atoms with E-state index in [2.05, 4.69) is 0 Å². The molecule has 0 bridgehead atoms. The first kappa shape index (κ1) is 10.7. The first-order valence-electron chi connectivity index (χ1n) is 4.49. The maximum absolute atomic E-state index is 13.3. The van der Waals surface area contributed by atoms with E-state index in [1.165, 1.54) is 24.3 Å². The number of benzene rings is 2. The normalized spacial score (nSPS) is 10.5. The molecule has 2 aromatic carbocycles. The summed E-state index contributed by atoms with van der Waals surface area (Å²) in [5, 5.41) is 0. The van der Waals surface area contributed by atoms with Gasteiger partial charge < -0.3 is 0 Å². The third kappa shape index (κ3) is 1.66. The number of rotatable bonds is 1. The maximum Gasteiger partial charge on any atom is 0.169 e. The predicted octanol–water partition coefficient (Wildman–Crippen LogP) is 3.91. The molecule has 0 radical (unpaired) electrons. The molecule has 0 atom stereocenters. The summed E-state index contributed by atoms with van der Waals surface area (Å²) in [4.78, 5) is 0. The quantitative estimate of drug-likeness (QED) is 0.510. The average Bonchev–Trinajstić information content (AvgIpc) is 2.28. The Morgan fingerprint density at radius 2 is 1.19 bits per heavy atom. The monoisotopic (exact) mass is 226 g/mol. The van der Waals surface area contributed by atoms with Crippen molar-refractivity contribution in [2.75, 3.05) is 0 Å². The van der Waals surface area contributed by atoms with Crippen LogP contribution in [0, 0.1) is 23.3 Å². The molecule has 0 aliphatic rings. The fourth-order valence-electron chi connectivity index (χ4n) is 1.43. The van der Waals surface area contributed by atoms with Crippen molar-refractivity contribution in [2.24, 2.45) is 0 Å². The Kier molecular flexibility index (Phi) is 2.64. The summed E-state index contributed by atoms with van der Waals surface area (Å²) in [6, 6.07) is 7.63. The van der Waals surface area contributed by atoms with Crippen molar-refractivity contribution >= 4 is 0 Å². The van der Waals surface area contributed by atoms with Crippen molar-refractivity contribution in [3.63, 3.8) is 0 Å². The van der Waals surface area contributed by atoms with Crippen LogP contribution in [0.4, 0.5) is 17.6 Å². The number of hydrogen-bond donors (Lipinski definition) is 0. The fourth-order valence-corrected chi connectivity index (χ4v) is 1.43. The minimum absolute atomic E-state index is 0.0934. The van der Waals surface area contributed by atoms with Crippen molar-refractivity contribution in [3.05, 3.63) is 59.7 Å². The fraction of sp³-hybridized carbons (Fsp3) is 0. The Hall–Kier alpha value is -1.84. The smallest absolute Gasteiger partial charge is 0.169 e. The highest BCUT2D eigenvalue weighted by Gasteiger charge is 2.19. The number of hydrogen-bond acceptors (Lipinski definition) is 0. The van der Waals surface area contributed by atoms with Gasteiger partial charge in [0.05, 0.1) is 5.56 Å². The van der Waals surface area contributed by atoms with E-state index < -0.39 is 28.8 Å². The molecule has 0 amide bonds. The van der Waals surface area contributed by atoms with Crippen LogP contribution in [-0.4, -0.2) is 0 Å². The van der Waals surface area contributed by atoms with Crippen molar-refractivity contribution in [3.8, 4) is 11.1 Å². The Morgan fingerprint density at radius 1 is 0.688 bits per heavy atom. The van der Waals surface area contributed by atoms with Gasteiger partial charge in [0.2, 0.25) is 0 Å². The maximum atomic E-state index is 13.3. The molecule has 0 unspecified atom stereocenters. The van der Waals surface area contributed by atoms with Gasteiger partial charge in [-0.3, -0.25) is 0 Å². The molecule has 16 heavy (non-hydrogen) atoms. The zero-order chi connectivity index (χ0) is 11.7. The van der Waals surface area contributed by atoms with E-state index in [0.29, 0.717) is 0 Å². The highest BCUT2D eigenvalue weighted by atomic mass is 19.2. The zero-order valence-corrected chi connectivity index (χ0v) is 7.98.